The fourth-order valence-electron chi connectivity index (χ4n) is 3.16. The summed E-state index contributed by atoms with van der Waals surface area (Å²) < 4.78 is 0. The number of anilines is 1. The van der Waals surface area contributed by atoms with Crippen LogP contribution in [-0.2, 0) is 11.3 Å². The zero-order valence-corrected chi connectivity index (χ0v) is 12.5. The number of benzene rings is 1. The molecule has 3 nitrogen and oxygen atoms in total. The first-order valence-electron chi connectivity index (χ1n) is 7.49. The van der Waals surface area contributed by atoms with E-state index in [-0.39, 0.29) is 11.3 Å². The van der Waals surface area contributed by atoms with Crippen LogP contribution in [0.2, 0.25) is 0 Å². The molecule has 1 aromatic rings. The van der Waals surface area contributed by atoms with E-state index in [9.17, 15) is 4.79 Å². The molecular weight excluding hydrogens is 272 g/mol. The van der Waals surface area contributed by atoms with E-state index < -0.39 is 0 Å². The Morgan fingerprint density at radius 3 is 2.60 bits per heavy atom. The summed E-state index contributed by atoms with van der Waals surface area (Å²) in [5.74, 6) is 0.149. The van der Waals surface area contributed by atoms with Gasteiger partial charge in [0, 0.05) is 25.2 Å². The van der Waals surface area contributed by atoms with Crippen molar-refractivity contribution in [3.63, 3.8) is 0 Å². The molecule has 20 heavy (non-hydrogen) atoms. The summed E-state index contributed by atoms with van der Waals surface area (Å²) in [5, 5.41) is -0.0504. The molecule has 4 heteroatoms. The topological polar surface area (TPSA) is 23.6 Å². The number of carbonyl (C=O) groups excluding carboxylic acids is 1. The molecule has 1 atom stereocenters. The highest BCUT2D eigenvalue weighted by molar-refractivity contribution is 6.24. The monoisotopic (exact) mass is 292 g/mol. The van der Waals surface area contributed by atoms with Crippen molar-refractivity contribution in [2.24, 2.45) is 0 Å². The largest absolute Gasteiger partial charge is 0.311 e. The van der Waals surface area contributed by atoms with Gasteiger partial charge in [0.1, 0.15) is 0 Å². The van der Waals surface area contributed by atoms with Gasteiger partial charge in [-0.1, -0.05) is 24.6 Å². The van der Waals surface area contributed by atoms with Crippen molar-refractivity contribution in [2.45, 2.75) is 37.6 Å². The second kappa shape index (κ2) is 6.15. The Bertz CT molecular complexity index is 485. The summed E-state index contributed by atoms with van der Waals surface area (Å²) in [6.45, 7) is 3.91. The molecule has 1 aromatic carbocycles. The molecule has 0 N–H and O–H groups in total. The predicted molar refractivity (Wildman–Crippen MR) is 82.2 cm³/mol. The van der Waals surface area contributed by atoms with E-state index in [1.807, 2.05) is 17.0 Å². The zero-order chi connectivity index (χ0) is 13.9. The number of carbonyl (C=O) groups is 1. The van der Waals surface area contributed by atoms with E-state index in [0.717, 1.165) is 12.2 Å². The summed E-state index contributed by atoms with van der Waals surface area (Å²) in [6, 6.07) is 8.25. The van der Waals surface area contributed by atoms with Crippen molar-refractivity contribution < 1.29 is 4.79 Å². The molecule has 2 fully saturated rings. The molecule has 0 radical (unpaired) electrons. The van der Waals surface area contributed by atoms with Crippen molar-refractivity contribution in [3.8, 4) is 0 Å². The molecule has 1 amide bonds. The predicted octanol–water partition coefficient (Wildman–Crippen LogP) is 3.02. The third kappa shape index (κ3) is 2.99. The number of hydrogen-bond acceptors (Lipinski definition) is 2. The van der Waals surface area contributed by atoms with Crippen molar-refractivity contribution in [3.05, 3.63) is 29.8 Å². The summed E-state index contributed by atoms with van der Waals surface area (Å²) in [5.41, 5.74) is 2.29. The lowest BCUT2D eigenvalue weighted by Gasteiger charge is -2.28. The van der Waals surface area contributed by atoms with Crippen LogP contribution in [0.25, 0.3) is 0 Å². The zero-order valence-electron chi connectivity index (χ0n) is 11.7. The molecule has 2 aliphatic heterocycles. The lowest BCUT2D eigenvalue weighted by Crippen LogP contribution is -2.31. The summed E-state index contributed by atoms with van der Waals surface area (Å²) in [4.78, 5) is 16.4. The Morgan fingerprint density at radius 1 is 1.15 bits per heavy atom. The lowest BCUT2D eigenvalue weighted by molar-refractivity contribution is -0.117. The Kier molecular flexibility index (Phi) is 4.27. The summed E-state index contributed by atoms with van der Waals surface area (Å²) >= 11 is 6.12. The van der Waals surface area contributed by atoms with Crippen LogP contribution in [0.1, 0.15) is 31.2 Å². The molecule has 0 aromatic heterocycles. The number of amides is 1. The quantitative estimate of drug-likeness (QED) is 0.800. The molecule has 3 rings (SSSR count). The minimum atomic E-state index is -0.0504. The van der Waals surface area contributed by atoms with E-state index in [1.54, 1.807) is 0 Å². The van der Waals surface area contributed by atoms with Crippen LogP contribution in [0.3, 0.4) is 0 Å². The fraction of sp³-hybridized carbons (Fsp3) is 0.562. The van der Waals surface area contributed by atoms with E-state index in [0.29, 0.717) is 13.0 Å². The highest BCUT2D eigenvalue weighted by Gasteiger charge is 2.30. The van der Waals surface area contributed by atoms with Gasteiger partial charge in [-0.3, -0.25) is 9.69 Å². The van der Waals surface area contributed by atoms with Crippen molar-refractivity contribution in [2.75, 3.05) is 24.5 Å². The smallest absolute Gasteiger partial charge is 0.228 e. The first kappa shape index (κ1) is 13.9. The van der Waals surface area contributed by atoms with Crippen molar-refractivity contribution in [1.29, 1.82) is 0 Å². The molecule has 2 aliphatic rings. The molecule has 0 bridgehead atoms. The maximum Gasteiger partial charge on any atom is 0.228 e. The standard InChI is InChI=1S/C16H21ClN2O/c17-14-10-16(20)19(12-14)15-7-3-2-6-13(15)11-18-8-4-1-5-9-18/h2-3,6-7,14H,1,4-5,8-12H2. The van der Waals surface area contributed by atoms with E-state index >= 15 is 0 Å². The molecular formula is C16H21ClN2O. The third-order valence-electron chi connectivity index (χ3n) is 4.20. The average molecular weight is 293 g/mol. The number of halogens is 1. The van der Waals surface area contributed by atoms with Crippen LogP contribution in [0.4, 0.5) is 5.69 Å². The van der Waals surface area contributed by atoms with Gasteiger partial charge in [0.05, 0.1) is 5.38 Å². The van der Waals surface area contributed by atoms with Gasteiger partial charge in [-0.05, 0) is 37.6 Å². The summed E-state index contributed by atoms with van der Waals surface area (Å²) in [6.07, 6.45) is 4.37. The van der Waals surface area contributed by atoms with Crippen molar-refractivity contribution in [1.82, 2.24) is 4.90 Å². The second-order valence-electron chi connectivity index (χ2n) is 5.77. The number of rotatable bonds is 3. The van der Waals surface area contributed by atoms with Gasteiger partial charge in [-0.2, -0.15) is 0 Å². The van der Waals surface area contributed by atoms with Gasteiger partial charge < -0.3 is 4.90 Å². The van der Waals surface area contributed by atoms with Crippen molar-refractivity contribution >= 4 is 23.2 Å². The van der Waals surface area contributed by atoms with E-state index in [4.69, 9.17) is 11.6 Å². The maximum absolute atomic E-state index is 12.1. The minimum Gasteiger partial charge on any atom is -0.311 e. The number of para-hydroxylation sites is 1. The van der Waals surface area contributed by atoms with Crippen LogP contribution < -0.4 is 4.90 Å². The first-order chi connectivity index (χ1) is 9.74. The molecule has 1 unspecified atom stereocenters. The first-order valence-corrected chi connectivity index (χ1v) is 7.92. The van der Waals surface area contributed by atoms with Gasteiger partial charge in [-0.25, -0.2) is 0 Å². The normalized spacial score (nSPS) is 24.4. The molecule has 2 heterocycles. The number of nitrogens with zero attached hydrogens (tertiary/aromatic N) is 2. The van der Waals surface area contributed by atoms with Gasteiger partial charge in [0.15, 0.2) is 0 Å². The highest BCUT2D eigenvalue weighted by atomic mass is 35.5. The Morgan fingerprint density at radius 2 is 1.90 bits per heavy atom. The van der Waals surface area contributed by atoms with Gasteiger partial charge in [0.2, 0.25) is 5.91 Å². The van der Waals surface area contributed by atoms with Crippen LogP contribution in [0.5, 0.6) is 0 Å². The Labute approximate surface area is 125 Å². The van der Waals surface area contributed by atoms with E-state index in [1.165, 1.54) is 37.9 Å². The van der Waals surface area contributed by atoms with E-state index in [2.05, 4.69) is 17.0 Å². The molecule has 108 valence electrons. The third-order valence-corrected chi connectivity index (χ3v) is 4.50. The van der Waals surface area contributed by atoms with Crippen LogP contribution >= 0.6 is 11.6 Å². The maximum atomic E-state index is 12.1. The minimum absolute atomic E-state index is 0.0504. The molecule has 0 aliphatic carbocycles. The number of alkyl halides is 1. The SMILES string of the molecule is O=C1CC(Cl)CN1c1ccccc1CN1CCCCC1. The Balaban J connectivity index is 1.79. The number of likely N-dealkylation sites (tertiary alicyclic amines) is 1. The van der Waals surface area contributed by atoms with Crippen LogP contribution in [0, 0.1) is 0 Å². The van der Waals surface area contributed by atoms with Gasteiger partial charge in [-0.15, -0.1) is 11.6 Å². The second-order valence-corrected chi connectivity index (χ2v) is 6.39. The molecule has 0 spiro atoms. The lowest BCUT2D eigenvalue weighted by atomic mass is 10.1. The van der Waals surface area contributed by atoms with Crippen LogP contribution in [-0.4, -0.2) is 35.8 Å². The van der Waals surface area contributed by atoms with Gasteiger partial charge in [0.25, 0.3) is 0 Å². The highest BCUT2D eigenvalue weighted by Crippen LogP contribution is 2.28. The average Bonchev–Trinajstić information content (AvgIpc) is 2.79. The number of piperidine rings is 1. The molecule has 0 saturated carbocycles. The Hall–Kier alpha value is -1.06. The fourth-order valence-corrected chi connectivity index (χ4v) is 3.43. The van der Waals surface area contributed by atoms with Gasteiger partial charge >= 0.3 is 0 Å². The summed E-state index contributed by atoms with van der Waals surface area (Å²) in [7, 11) is 0. The molecule has 2 saturated heterocycles. The van der Waals surface area contributed by atoms with Crippen LogP contribution in [0.15, 0.2) is 24.3 Å². The number of hydrogen-bond donors (Lipinski definition) is 0.